The average molecular weight is 248 g/mol. The number of nitrogens with zero attached hydrogens (tertiary/aromatic N) is 1. The van der Waals surface area contributed by atoms with Gasteiger partial charge in [0.15, 0.2) is 0 Å². The summed E-state index contributed by atoms with van der Waals surface area (Å²) in [5, 5.41) is 13.0. The lowest BCUT2D eigenvalue weighted by Gasteiger charge is -2.22. The highest BCUT2D eigenvalue weighted by atomic mass is 32.2. The predicted molar refractivity (Wildman–Crippen MR) is 70.6 cm³/mol. The summed E-state index contributed by atoms with van der Waals surface area (Å²) in [7, 11) is 0. The van der Waals surface area contributed by atoms with Gasteiger partial charge in [0, 0.05) is 16.5 Å². The van der Waals surface area contributed by atoms with Crippen LogP contribution in [0, 0.1) is 11.8 Å². The van der Waals surface area contributed by atoms with Crippen LogP contribution >= 0.6 is 11.8 Å². The fourth-order valence-corrected chi connectivity index (χ4v) is 4.49. The van der Waals surface area contributed by atoms with E-state index in [1.54, 1.807) is 11.8 Å². The Hall–Kier alpha value is -1.16. The Morgan fingerprint density at radius 1 is 1.29 bits per heavy atom. The summed E-state index contributed by atoms with van der Waals surface area (Å²) in [6.07, 6.45) is 3.63. The Kier molecular flexibility index (Phi) is 2.74. The summed E-state index contributed by atoms with van der Waals surface area (Å²) < 4.78 is 0. The van der Waals surface area contributed by atoms with E-state index >= 15 is 0 Å². The monoisotopic (exact) mass is 248 g/mol. The normalized spacial score (nSPS) is 33.4. The van der Waals surface area contributed by atoms with Gasteiger partial charge in [0.25, 0.3) is 0 Å². The first-order valence-corrected chi connectivity index (χ1v) is 6.90. The van der Waals surface area contributed by atoms with Crippen molar-refractivity contribution in [2.45, 2.75) is 29.4 Å². The Labute approximate surface area is 105 Å². The molecule has 0 amide bonds. The molecule has 3 atom stereocenters. The number of fused-ring (bicyclic) bond motifs is 2. The van der Waals surface area contributed by atoms with Crippen molar-refractivity contribution in [2.75, 3.05) is 5.73 Å². The van der Waals surface area contributed by atoms with Crippen LogP contribution in [0.3, 0.4) is 0 Å². The van der Waals surface area contributed by atoms with Gasteiger partial charge < -0.3 is 10.9 Å². The lowest BCUT2D eigenvalue weighted by molar-refractivity contribution is 0.314. The second-order valence-corrected chi connectivity index (χ2v) is 6.05. The zero-order valence-corrected chi connectivity index (χ0v) is 10.4. The van der Waals surface area contributed by atoms with Crippen molar-refractivity contribution in [3.8, 4) is 0 Å². The van der Waals surface area contributed by atoms with Gasteiger partial charge >= 0.3 is 0 Å². The average Bonchev–Trinajstić information content (AvgIpc) is 2.92. The van der Waals surface area contributed by atoms with Gasteiger partial charge in [-0.15, -0.1) is 11.8 Å². The van der Waals surface area contributed by atoms with Crippen LogP contribution in [0.1, 0.15) is 19.3 Å². The minimum Gasteiger partial charge on any atom is -0.411 e. The fourth-order valence-electron chi connectivity index (χ4n) is 3.05. The Balaban J connectivity index is 1.84. The number of hydrogen-bond acceptors (Lipinski definition) is 4. The maximum atomic E-state index is 9.15. The molecular formula is C13H16N2OS. The van der Waals surface area contributed by atoms with Crippen LogP contribution < -0.4 is 5.73 Å². The number of para-hydroxylation sites is 1. The molecule has 0 saturated heterocycles. The minimum atomic E-state index is 0.323. The van der Waals surface area contributed by atoms with E-state index in [0.717, 1.165) is 16.3 Å². The van der Waals surface area contributed by atoms with Gasteiger partial charge in [0.1, 0.15) is 0 Å². The molecule has 90 valence electrons. The van der Waals surface area contributed by atoms with Crippen LogP contribution in [0.4, 0.5) is 5.69 Å². The van der Waals surface area contributed by atoms with Crippen molar-refractivity contribution in [1.82, 2.24) is 0 Å². The summed E-state index contributed by atoms with van der Waals surface area (Å²) in [5.74, 6) is 1.17. The molecule has 2 saturated carbocycles. The zero-order chi connectivity index (χ0) is 11.8. The first-order chi connectivity index (χ1) is 8.29. The Morgan fingerprint density at radius 2 is 2.12 bits per heavy atom. The molecule has 3 nitrogen and oxygen atoms in total. The second kappa shape index (κ2) is 4.26. The van der Waals surface area contributed by atoms with Gasteiger partial charge in [-0.1, -0.05) is 17.3 Å². The van der Waals surface area contributed by atoms with Crippen molar-refractivity contribution in [3.05, 3.63) is 24.3 Å². The molecular weight excluding hydrogens is 232 g/mol. The van der Waals surface area contributed by atoms with Gasteiger partial charge in [0.2, 0.25) is 0 Å². The van der Waals surface area contributed by atoms with Crippen molar-refractivity contribution in [3.63, 3.8) is 0 Å². The molecule has 0 aromatic heterocycles. The van der Waals surface area contributed by atoms with Crippen molar-refractivity contribution < 1.29 is 5.21 Å². The highest BCUT2D eigenvalue weighted by Crippen LogP contribution is 2.50. The van der Waals surface area contributed by atoms with E-state index in [9.17, 15) is 0 Å². The van der Waals surface area contributed by atoms with Crippen LogP contribution in [0.5, 0.6) is 0 Å². The summed E-state index contributed by atoms with van der Waals surface area (Å²) >= 11 is 1.76. The van der Waals surface area contributed by atoms with Gasteiger partial charge in [-0.2, -0.15) is 0 Å². The topological polar surface area (TPSA) is 58.6 Å². The maximum Gasteiger partial charge on any atom is 0.0737 e. The molecule has 4 heteroatoms. The molecule has 0 heterocycles. The first kappa shape index (κ1) is 11.0. The number of thioether (sulfide) groups is 1. The standard InChI is InChI=1S/C13H16N2OS/c14-10-3-1-2-4-11(10)17-13-9-6-5-8(7-9)12(13)15-16/h1-4,8-9,13,16H,5-7,14H2/b15-12+/t8-,9+,13-/m0/s1. The molecule has 0 unspecified atom stereocenters. The number of nitrogens with two attached hydrogens (primary N) is 1. The molecule has 0 radical (unpaired) electrons. The van der Waals surface area contributed by atoms with E-state index in [1.165, 1.54) is 19.3 Å². The van der Waals surface area contributed by atoms with Gasteiger partial charge in [-0.05, 0) is 37.3 Å². The third kappa shape index (κ3) is 1.80. The molecule has 2 bridgehead atoms. The Morgan fingerprint density at radius 3 is 2.88 bits per heavy atom. The number of rotatable bonds is 2. The number of anilines is 1. The van der Waals surface area contributed by atoms with E-state index in [4.69, 9.17) is 10.9 Å². The summed E-state index contributed by atoms with van der Waals surface area (Å²) in [5.41, 5.74) is 7.76. The van der Waals surface area contributed by atoms with Crippen LogP contribution in [0.25, 0.3) is 0 Å². The van der Waals surface area contributed by atoms with Crippen molar-refractivity contribution in [1.29, 1.82) is 0 Å². The minimum absolute atomic E-state index is 0.323. The molecule has 17 heavy (non-hydrogen) atoms. The smallest absolute Gasteiger partial charge is 0.0737 e. The molecule has 2 aliphatic carbocycles. The summed E-state index contributed by atoms with van der Waals surface area (Å²) in [4.78, 5) is 1.10. The molecule has 2 fully saturated rings. The van der Waals surface area contributed by atoms with Crippen molar-refractivity contribution >= 4 is 23.2 Å². The lowest BCUT2D eigenvalue weighted by Crippen LogP contribution is -2.24. The number of nitrogen functional groups attached to an aromatic ring is 1. The molecule has 2 aliphatic rings. The molecule has 0 aliphatic heterocycles. The largest absolute Gasteiger partial charge is 0.411 e. The predicted octanol–water partition coefficient (Wildman–Crippen LogP) is 2.99. The van der Waals surface area contributed by atoms with E-state index < -0.39 is 0 Å². The van der Waals surface area contributed by atoms with Crippen molar-refractivity contribution in [2.24, 2.45) is 17.0 Å². The molecule has 3 rings (SSSR count). The van der Waals surface area contributed by atoms with Crippen LogP contribution in [0.2, 0.25) is 0 Å². The lowest BCUT2D eigenvalue weighted by atomic mass is 9.98. The molecule has 0 spiro atoms. The molecule has 1 aromatic rings. The van der Waals surface area contributed by atoms with E-state index in [1.807, 2.05) is 24.3 Å². The summed E-state index contributed by atoms with van der Waals surface area (Å²) in [6, 6.07) is 7.91. The number of oxime groups is 1. The first-order valence-electron chi connectivity index (χ1n) is 6.02. The van der Waals surface area contributed by atoms with E-state index in [2.05, 4.69) is 5.16 Å². The molecule has 3 N–H and O–H groups in total. The second-order valence-electron chi connectivity index (χ2n) is 4.87. The number of hydrogen-bond donors (Lipinski definition) is 2. The molecule has 1 aromatic carbocycles. The van der Waals surface area contributed by atoms with Gasteiger partial charge in [0.05, 0.1) is 11.0 Å². The van der Waals surface area contributed by atoms with E-state index in [0.29, 0.717) is 17.1 Å². The quantitative estimate of drug-likeness (QED) is 0.480. The maximum absolute atomic E-state index is 9.15. The SMILES string of the molecule is Nc1ccccc1S[C@@H]1/C(=N/O)[C@H]2CC[C@@H]1C2. The highest BCUT2D eigenvalue weighted by molar-refractivity contribution is 8.00. The zero-order valence-electron chi connectivity index (χ0n) is 9.54. The Bertz CT molecular complexity index is 460. The summed E-state index contributed by atoms with van der Waals surface area (Å²) in [6.45, 7) is 0. The third-order valence-corrected chi connectivity index (χ3v) is 5.41. The van der Waals surface area contributed by atoms with Crippen LogP contribution in [-0.2, 0) is 0 Å². The third-order valence-electron chi connectivity index (χ3n) is 3.90. The number of benzene rings is 1. The van der Waals surface area contributed by atoms with Crippen LogP contribution in [0.15, 0.2) is 34.3 Å². The van der Waals surface area contributed by atoms with Gasteiger partial charge in [-0.3, -0.25) is 0 Å². The van der Waals surface area contributed by atoms with E-state index in [-0.39, 0.29) is 0 Å². The fraction of sp³-hybridized carbons (Fsp3) is 0.462. The van der Waals surface area contributed by atoms with Crippen LogP contribution in [-0.4, -0.2) is 16.2 Å². The highest BCUT2D eigenvalue weighted by Gasteiger charge is 2.46. The van der Waals surface area contributed by atoms with Gasteiger partial charge in [-0.25, -0.2) is 0 Å².